The maximum atomic E-state index is 12.4. The first kappa shape index (κ1) is 19.5. The van der Waals surface area contributed by atoms with Crippen LogP contribution in [0.5, 0.6) is 11.5 Å². The fraction of sp³-hybridized carbons (Fsp3) is 0.167. The number of hydrogen-bond donors (Lipinski definition) is 3. The van der Waals surface area contributed by atoms with Gasteiger partial charge in [0, 0.05) is 17.4 Å². The van der Waals surface area contributed by atoms with Crippen molar-refractivity contribution in [1.29, 1.82) is 0 Å². The number of benzene rings is 3. The van der Waals surface area contributed by atoms with Gasteiger partial charge in [0.25, 0.3) is 5.91 Å². The van der Waals surface area contributed by atoms with Gasteiger partial charge >= 0.3 is 0 Å². The minimum atomic E-state index is -0.205. The average molecular weight is 401 g/mol. The van der Waals surface area contributed by atoms with E-state index in [1.165, 1.54) is 0 Å². The molecule has 6 heteroatoms. The largest absolute Gasteiger partial charge is 0.457 e. The predicted octanol–water partition coefficient (Wildman–Crippen LogP) is 4.42. The second-order valence-corrected chi connectivity index (χ2v) is 7.13. The summed E-state index contributed by atoms with van der Waals surface area (Å²) in [6.07, 6.45) is 2.05. The van der Waals surface area contributed by atoms with Crippen molar-refractivity contribution < 1.29 is 14.3 Å². The molecule has 0 aromatic heterocycles. The summed E-state index contributed by atoms with van der Waals surface area (Å²) in [5.74, 6) is 1.12. The van der Waals surface area contributed by atoms with Crippen LogP contribution in [0.3, 0.4) is 0 Å². The maximum absolute atomic E-state index is 12.4. The molecule has 0 spiro atoms. The summed E-state index contributed by atoms with van der Waals surface area (Å²) in [6, 6.07) is 24.1. The molecule has 0 saturated heterocycles. The van der Waals surface area contributed by atoms with Gasteiger partial charge in [0.05, 0.1) is 12.1 Å². The quantitative estimate of drug-likeness (QED) is 0.522. The third kappa shape index (κ3) is 5.38. The maximum Gasteiger partial charge on any atom is 0.253 e. The summed E-state index contributed by atoms with van der Waals surface area (Å²) in [7, 11) is 0. The van der Waals surface area contributed by atoms with Crippen molar-refractivity contribution in [3.63, 3.8) is 0 Å². The number of rotatable bonds is 8. The van der Waals surface area contributed by atoms with Gasteiger partial charge in [-0.25, -0.2) is 0 Å². The van der Waals surface area contributed by atoms with Crippen molar-refractivity contribution in [3.8, 4) is 11.5 Å². The van der Waals surface area contributed by atoms with E-state index in [1.807, 2.05) is 42.5 Å². The summed E-state index contributed by atoms with van der Waals surface area (Å²) in [5, 5.41) is 8.86. The Morgan fingerprint density at radius 3 is 2.23 bits per heavy atom. The number of carbonyl (C=O) groups is 2. The van der Waals surface area contributed by atoms with E-state index in [4.69, 9.17) is 4.74 Å². The Kier molecular flexibility index (Phi) is 5.94. The zero-order valence-corrected chi connectivity index (χ0v) is 16.4. The molecule has 3 N–H and O–H groups in total. The molecule has 0 heterocycles. The highest BCUT2D eigenvalue weighted by molar-refractivity contribution is 6.01. The normalized spacial score (nSPS) is 12.7. The molecule has 0 aliphatic heterocycles. The van der Waals surface area contributed by atoms with Gasteiger partial charge in [-0.15, -0.1) is 0 Å². The van der Waals surface area contributed by atoms with E-state index in [2.05, 4.69) is 16.0 Å². The lowest BCUT2D eigenvalue weighted by Gasteiger charge is -2.12. The van der Waals surface area contributed by atoms with E-state index in [0.717, 1.165) is 18.6 Å². The van der Waals surface area contributed by atoms with E-state index in [1.54, 1.807) is 36.4 Å². The van der Waals surface area contributed by atoms with Crippen LogP contribution in [0, 0.1) is 0 Å². The van der Waals surface area contributed by atoms with Crippen LogP contribution in [0.2, 0.25) is 0 Å². The van der Waals surface area contributed by atoms with E-state index < -0.39 is 0 Å². The number of ether oxygens (including phenoxy) is 1. The number of para-hydroxylation sites is 2. The molecule has 1 aliphatic carbocycles. The van der Waals surface area contributed by atoms with Crippen molar-refractivity contribution in [3.05, 3.63) is 84.4 Å². The zero-order chi connectivity index (χ0) is 20.8. The van der Waals surface area contributed by atoms with Crippen molar-refractivity contribution in [2.24, 2.45) is 0 Å². The van der Waals surface area contributed by atoms with Gasteiger partial charge in [-0.1, -0.05) is 30.3 Å². The second-order valence-electron chi connectivity index (χ2n) is 7.13. The minimum absolute atomic E-state index is 0.0516. The Balaban J connectivity index is 1.30. The molecule has 1 saturated carbocycles. The van der Waals surface area contributed by atoms with Crippen molar-refractivity contribution in [2.75, 3.05) is 17.2 Å². The van der Waals surface area contributed by atoms with Gasteiger partial charge in [-0.3, -0.25) is 9.59 Å². The van der Waals surface area contributed by atoms with Crippen molar-refractivity contribution in [2.45, 2.75) is 18.9 Å². The zero-order valence-electron chi connectivity index (χ0n) is 16.4. The SMILES string of the molecule is O=C(CNc1ccccc1C(=O)NC1CC1)Nc1ccc(Oc2ccccc2)cc1. The lowest BCUT2D eigenvalue weighted by Crippen LogP contribution is -2.27. The molecule has 30 heavy (non-hydrogen) atoms. The average Bonchev–Trinajstić information content (AvgIpc) is 3.58. The van der Waals surface area contributed by atoms with Gasteiger partial charge in [0.1, 0.15) is 11.5 Å². The first-order valence-corrected chi connectivity index (χ1v) is 9.94. The van der Waals surface area contributed by atoms with Gasteiger partial charge in [0.2, 0.25) is 5.91 Å². The van der Waals surface area contributed by atoms with Gasteiger partial charge in [-0.05, 0) is 61.4 Å². The van der Waals surface area contributed by atoms with Crippen LogP contribution in [0.4, 0.5) is 11.4 Å². The molecular formula is C24H23N3O3. The molecule has 0 bridgehead atoms. The van der Waals surface area contributed by atoms with Crippen LogP contribution in [0.25, 0.3) is 0 Å². The second kappa shape index (κ2) is 9.13. The van der Waals surface area contributed by atoms with E-state index in [-0.39, 0.29) is 24.4 Å². The Labute approximate surface area is 175 Å². The Morgan fingerprint density at radius 1 is 0.833 bits per heavy atom. The monoisotopic (exact) mass is 401 g/mol. The first-order valence-electron chi connectivity index (χ1n) is 9.94. The molecule has 4 rings (SSSR count). The van der Waals surface area contributed by atoms with E-state index >= 15 is 0 Å². The predicted molar refractivity (Wildman–Crippen MR) is 117 cm³/mol. The molecule has 2 amide bonds. The smallest absolute Gasteiger partial charge is 0.253 e. The summed E-state index contributed by atoms with van der Waals surface area (Å²) in [4.78, 5) is 24.7. The fourth-order valence-electron chi connectivity index (χ4n) is 2.94. The molecule has 3 aromatic carbocycles. The molecule has 152 valence electrons. The minimum Gasteiger partial charge on any atom is -0.457 e. The van der Waals surface area contributed by atoms with Crippen molar-refractivity contribution in [1.82, 2.24) is 5.32 Å². The number of amides is 2. The van der Waals surface area contributed by atoms with Crippen LogP contribution >= 0.6 is 0 Å². The lowest BCUT2D eigenvalue weighted by molar-refractivity contribution is -0.114. The molecule has 6 nitrogen and oxygen atoms in total. The molecule has 0 unspecified atom stereocenters. The molecule has 1 fully saturated rings. The highest BCUT2D eigenvalue weighted by Gasteiger charge is 2.24. The van der Waals surface area contributed by atoms with Crippen LogP contribution in [0.1, 0.15) is 23.2 Å². The first-order chi connectivity index (χ1) is 14.7. The van der Waals surface area contributed by atoms with Crippen LogP contribution in [-0.4, -0.2) is 24.4 Å². The highest BCUT2D eigenvalue weighted by Crippen LogP contribution is 2.23. The number of carbonyl (C=O) groups excluding carboxylic acids is 2. The summed E-state index contributed by atoms with van der Waals surface area (Å²) in [6.45, 7) is 0.0516. The van der Waals surface area contributed by atoms with Crippen LogP contribution in [-0.2, 0) is 4.79 Å². The molecule has 3 aromatic rings. The van der Waals surface area contributed by atoms with Gasteiger partial charge in [0.15, 0.2) is 0 Å². The lowest BCUT2D eigenvalue weighted by atomic mass is 10.1. The van der Waals surface area contributed by atoms with E-state index in [0.29, 0.717) is 22.7 Å². The third-order valence-corrected chi connectivity index (χ3v) is 4.64. The van der Waals surface area contributed by atoms with Gasteiger partial charge < -0.3 is 20.7 Å². The molecule has 1 aliphatic rings. The van der Waals surface area contributed by atoms with Crippen molar-refractivity contribution >= 4 is 23.2 Å². The molecule has 0 atom stereocenters. The summed E-state index contributed by atoms with van der Waals surface area (Å²) < 4.78 is 5.75. The highest BCUT2D eigenvalue weighted by atomic mass is 16.5. The number of anilines is 2. The van der Waals surface area contributed by atoms with Crippen LogP contribution in [0.15, 0.2) is 78.9 Å². The van der Waals surface area contributed by atoms with Gasteiger partial charge in [-0.2, -0.15) is 0 Å². The number of nitrogens with one attached hydrogen (secondary N) is 3. The fourth-order valence-corrected chi connectivity index (χ4v) is 2.94. The van der Waals surface area contributed by atoms with E-state index in [9.17, 15) is 9.59 Å². The third-order valence-electron chi connectivity index (χ3n) is 4.64. The Bertz CT molecular complexity index is 1020. The Morgan fingerprint density at radius 2 is 1.50 bits per heavy atom. The summed E-state index contributed by atoms with van der Waals surface area (Å²) in [5.41, 5.74) is 1.85. The standard InChI is InChI=1S/C24H23N3O3/c28-23(16-25-22-9-5-4-8-21(22)24(29)27-18-10-11-18)26-17-12-14-20(15-13-17)30-19-6-2-1-3-7-19/h1-9,12-15,18,25H,10-11,16H2,(H,26,28)(H,27,29). The molecular weight excluding hydrogens is 378 g/mol. The summed E-state index contributed by atoms with van der Waals surface area (Å²) >= 11 is 0. The number of hydrogen-bond acceptors (Lipinski definition) is 4. The van der Waals surface area contributed by atoms with Crippen LogP contribution < -0.4 is 20.7 Å². The Hall–Kier alpha value is -3.80. The topological polar surface area (TPSA) is 79.5 Å². The molecule has 0 radical (unpaired) electrons.